The molecule has 4 aliphatic rings. The van der Waals surface area contributed by atoms with Gasteiger partial charge in [0.25, 0.3) is 0 Å². The van der Waals surface area contributed by atoms with Gasteiger partial charge in [-0.3, -0.25) is 14.5 Å². The minimum Gasteiger partial charge on any atom is -0.326 e. The first-order chi connectivity index (χ1) is 16.1. The van der Waals surface area contributed by atoms with Crippen molar-refractivity contribution in [2.75, 3.05) is 19.6 Å². The van der Waals surface area contributed by atoms with E-state index in [0.717, 1.165) is 19.4 Å². The van der Waals surface area contributed by atoms with Crippen molar-refractivity contribution in [2.45, 2.75) is 49.5 Å². The van der Waals surface area contributed by atoms with Crippen molar-refractivity contribution in [1.29, 1.82) is 5.26 Å². The highest BCUT2D eigenvalue weighted by Crippen LogP contribution is 2.50. The lowest BCUT2D eigenvalue weighted by molar-refractivity contribution is -0.140. The first-order valence-corrected chi connectivity index (χ1v) is 11.8. The molecule has 2 bridgehead atoms. The van der Waals surface area contributed by atoms with Crippen molar-refractivity contribution < 1.29 is 9.59 Å². The van der Waals surface area contributed by atoms with Gasteiger partial charge in [-0.15, -0.1) is 0 Å². The number of hydrogen-bond donors (Lipinski definition) is 1. The molecule has 33 heavy (non-hydrogen) atoms. The highest BCUT2D eigenvalue weighted by molar-refractivity contribution is 5.89. The Kier molecular flexibility index (Phi) is 4.75. The van der Waals surface area contributed by atoms with Crippen LogP contribution in [0.1, 0.15) is 36.4 Å². The van der Waals surface area contributed by atoms with Gasteiger partial charge < -0.3 is 15.5 Å². The number of hydrogen-bond acceptors (Lipinski definition) is 5. The number of likely N-dealkylation sites (tertiary alicyclic amines) is 3. The third-order valence-electron chi connectivity index (χ3n) is 7.83. The number of nitrogens with two attached hydrogens (primary N) is 1. The van der Waals surface area contributed by atoms with Crippen LogP contribution in [0.4, 0.5) is 0 Å². The summed E-state index contributed by atoms with van der Waals surface area (Å²) in [6.45, 7) is 1.66. The second kappa shape index (κ2) is 7.68. The van der Waals surface area contributed by atoms with Crippen molar-refractivity contribution in [3.63, 3.8) is 0 Å². The number of benzene rings is 2. The summed E-state index contributed by atoms with van der Waals surface area (Å²) in [5.74, 6) is -0.0525. The summed E-state index contributed by atoms with van der Waals surface area (Å²) in [5.41, 5.74) is 11.1. The third kappa shape index (κ3) is 3.01. The molecule has 3 fully saturated rings. The van der Waals surface area contributed by atoms with E-state index in [1.54, 1.807) is 4.90 Å². The average Bonchev–Trinajstić information content (AvgIpc) is 3.60. The van der Waals surface area contributed by atoms with E-state index < -0.39 is 6.04 Å². The Morgan fingerprint density at radius 3 is 2.42 bits per heavy atom. The molecule has 3 saturated heterocycles. The maximum Gasteiger partial charge on any atom is 0.241 e. The summed E-state index contributed by atoms with van der Waals surface area (Å²) in [7, 11) is 0. The number of rotatable bonds is 4. The lowest BCUT2D eigenvalue weighted by atomic mass is 10.0. The van der Waals surface area contributed by atoms with Gasteiger partial charge in [0, 0.05) is 25.7 Å². The summed E-state index contributed by atoms with van der Waals surface area (Å²) in [5, 5.41) is 9.30. The molecule has 7 heteroatoms. The molecule has 1 unspecified atom stereocenters. The van der Waals surface area contributed by atoms with Crippen LogP contribution in [0, 0.1) is 11.3 Å². The minimum absolute atomic E-state index is 0.0571. The number of piperazine rings is 1. The largest absolute Gasteiger partial charge is 0.326 e. The number of nitrogens with zero attached hydrogens (tertiary/aromatic N) is 4. The van der Waals surface area contributed by atoms with Gasteiger partial charge in [-0.2, -0.15) is 5.26 Å². The second-order valence-electron chi connectivity index (χ2n) is 9.61. The maximum absolute atomic E-state index is 13.6. The fourth-order valence-electron chi connectivity index (χ4n) is 6.37. The van der Waals surface area contributed by atoms with E-state index in [4.69, 9.17) is 5.73 Å². The molecule has 3 heterocycles. The monoisotopic (exact) mass is 441 g/mol. The maximum atomic E-state index is 13.6. The molecule has 0 aromatic heterocycles. The molecule has 1 aliphatic carbocycles. The summed E-state index contributed by atoms with van der Waals surface area (Å²) in [6, 6.07) is 17.6. The highest BCUT2D eigenvalue weighted by atomic mass is 16.2. The Morgan fingerprint density at radius 1 is 1.12 bits per heavy atom. The number of carbonyl (C=O) groups excluding carboxylic acids is 2. The third-order valence-corrected chi connectivity index (χ3v) is 7.83. The van der Waals surface area contributed by atoms with Crippen LogP contribution in [-0.4, -0.2) is 70.3 Å². The summed E-state index contributed by atoms with van der Waals surface area (Å²) < 4.78 is 0. The van der Waals surface area contributed by atoms with E-state index in [-0.39, 0.29) is 36.0 Å². The smallest absolute Gasteiger partial charge is 0.241 e. The normalized spacial score (nSPS) is 27.0. The lowest BCUT2D eigenvalue weighted by Crippen LogP contribution is -2.56. The predicted molar refractivity (Wildman–Crippen MR) is 123 cm³/mol. The number of fused-ring (bicyclic) bond motifs is 5. The Bertz CT molecular complexity index is 1130. The van der Waals surface area contributed by atoms with E-state index in [2.05, 4.69) is 40.1 Å². The van der Waals surface area contributed by atoms with Gasteiger partial charge in [-0.25, -0.2) is 0 Å². The summed E-state index contributed by atoms with van der Waals surface area (Å²) >= 11 is 0. The van der Waals surface area contributed by atoms with Crippen LogP contribution in [0.2, 0.25) is 0 Å². The molecular formula is C26H27N5O2. The van der Waals surface area contributed by atoms with Crippen LogP contribution >= 0.6 is 0 Å². The van der Waals surface area contributed by atoms with Crippen molar-refractivity contribution in [1.82, 2.24) is 14.7 Å². The predicted octanol–water partition coefficient (Wildman–Crippen LogP) is 1.88. The Labute approximate surface area is 193 Å². The van der Waals surface area contributed by atoms with E-state index in [1.807, 2.05) is 24.3 Å². The number of carbonyl (C=O) groups is 2. The fraction of sp³-hybridized carbons (Fsp3) is 0.423. The van der Waals surface area contributed by atoms with E-state index >= 15 is 0 Å². The quantitative estimate of drug-likeness (QED) is 0.782. The number of amides is 2. The van der Waals surface area contributed by atoms with Crippen molar-refractivity contribution in [2.24, 2.45) is 5.73 Å². The topological polar surface area (TPSA) is 93.7 Å². The second-order valence-corrected chi connectivity index (χ2v) is 9.61. The van der Waals surface area contributed by atoms with Gasteiger partial charge in [0.05, 0.1) is 24.2 Å². The molecular weight excluding hydrogens is 414 g/mol. The van der Waals surface area contributed by atoms with Crippen LogP contribution in [0.5, 0.6) is 0 Å². The standard InChI is InChI=1S/C26H27N5O2/c27-13-16-6-5-11-30(16)25(32)22(28)15-29-14-17-12-23(29)26(33)31(17)24-20-9-3-1-7-18(20)19-8-2-4-10-21(19)24/h1-4,7-10,16-17,22-24H,5-6,11-12,14-15,28H2/t16-,17?,22-,23-/m0/s1. The van der Waals surface area contributed by atoms with Crippen LogP contribution in [0.3, 0.4) is 0 Å². The van der Waals surface area contributed by atoms with Gasteiger partial charge in [0.1, 0.15) is 6.04 Å². The molecule has 2 N–H and O–H groups in total. The van der Waals surface area contributed by atoms with Gasteiger partial charge in [0.15, 0.2) is 0 Å². The Hall–Kier alpha value is -3.21. The van der Waals surface area contributed by atoms with Crippen LogP contribution in [-0.2, 0) is 9.59 Å². The number of nitriles is 1. The summed E-state index contributed by atoms with van der Waals surface area (Å²) in [4.78, 5) is 32.2. The Balaban J connectivity index is 1.21. The molecule has 2 amide bonds. The molecule has 0 radical (unpaired) electrons. The Morgan fingerprint density at radius 2 is 1.79 bits per heavy atom. The average molecular weight is 442 g/mol. The van der Waals surface area contributed by atoms with Gasteiger partial charge >= 0.3 is 0 Å². The van der Waals surface area contributed by atoms with Crippen LogP contribution in [0.15, 0.2) is 48.5 Å². The van der Waals surface area contributed by atoms with Crippen molar-refractivity contribution in [3.8, 4) is 17.2 Å². The molecule has 6 rings (SSSR count). The molecule has 4 atom stereocenters. The molecule has 2 aromatic rings. The molecule has 7 nitrogen and oxygen atoms in total. The van der Waals surface area contributed by atoms with Crippen LogP contribution < -0.4 is 5.73 Å². The fourth-order valence-corrected chi connectivity index (χ4v) is 6.37. The zero-order valence-electron chi connectivity index (χ0n) is 18.4. The first kappa shape index (κ1) is 20.4. The molecule has 2 aromatic carbocycles. The van der Waals surface area contributed by atoms with Crippen molar-refractivity contribution in [3.05, 3.63) is 59.7 Å². The van der Waals surface area contributed by atoms with Gasteiger partial charge in [-0.05, 0) is 41.5 Å². The van der Waals surface area contributed by atoms with Gasteiger partial charge in [0.2, 0.25) is 11.8 Å². The highest BCUT2D eigenvalue weighted by Gasteiger charge is 2.54. The summed E-state index contributed by atoms with van der Waals surface area (Å²) in [6.07, 6.45) is 2.31. The van der Waals surface area contributed by atoms with Crippen molar-refractivity contribution >= 4 is 11.8 Å². The van der Waals surface area contributed by atoms with Gasteiger partial charge in [-0.1, -0.05) is 48.5 Å². The first-order valence-electron chi connectivity index (χ1n) is 11.8. The van der Waals surface area contributed by atoms with Crippen LogP contribution in [0.25, 0.3) is 11.1 Å². The van der Waals surface area contributed by atoms with E-state index in [9.17, 15) is 14.9 Å². The van der Waals surface area contributed by atoms with E-state index in [0.29, 0.717) is 19.5 Å². The molecule has 0 spiro atoms. The zero-order chi connectivity index (χ0) is 22.7. The van der Waals surface area contributed by atoms with E-state index in [1.165, 1.54) is 22.3 Å². The minimum atomic E-state index is -0.715. The SMILES string of the molecule is N#C[C@@H]1CCCN1C(=O)[C@@H](N)CN1CC2C[C@H]1C(=O)N2C1c2ccccc2-c2ccccc21. The molecule has 3 aliphatic heterocycles. The zero-order valence-corrected chi connectivity index (χ0v) is 18.4. The molecule has 168 valence electrons. The lowest BCUT2D eigenvalue weighted by Gasteiger charge is -2.39. The molecule has 0 saturated carbocycles.